The molecule has 0 fully saturated rings. The van der Waals surface area contributed by atoms with Gasteiger partial charge in [0.05, 0.1) is 6.61 Å². The molecule has 0 saturated carbocycles. The summed E-state index contributed by atoms with van der Waals surface area (Å²) in [6, 6.07) is 6.14. The second kappa shape index (κ2) is 7.90. The maximum Gasteiger partial charge on any atom is 0.319 e. The van der Waals surface area contributed by atoms with Gasteiger partial charge in [-0.05, 0) is 31.2 Å². The van der Waals surface area contributed by atoms with Gasteiger partial charge in [0.25, 0.3) is 0 Å². The van der Waals surface area contributed by atoms with Crippen molar-refractivity contribution in [3.8, 4) is 0 Å². The molecule has 0 aliphatic heterocycles. The van der Waals surface area contributed by atoms with Crippen molar-refractivity contribution in [1.29, 1.82) is 0 Å². The summed E-state index contributed by atoms with van der Waals surface area (Å²) in [5.41, 5.74) is 6.04. The summed E-state index contributed by atoms with van der Waals surface area (Å²) in [6.07, 6.45) is 0. The maximum atomic E-state index is 11.5. The van der Waals surface area contributed by atoms with Crippen LogP contribution in [0.15, 0.2) is 24.3 Å². The number of ketones is 1. The number of Topliss-reactive ketones (excluding diaryl/α,β-unsaturated/α-hetero) is 1. The molecule has 7 heteroatoms. The number of carbonyl (C=O) groups is 3. The molecule has 0 radical (unpaired) electrons. The SMILES string of the molecule is CC(=O)c1ccc(NC(=O)NCCOCC(N)=O)cc1. The molecule has 0 heterocycles. The van der Waals surface area contributed by atoms with Crippen molar-refractivity contribution >= 4 is 23.4 Å². The van der Waals surface area contributed by atoms with Crippen molar-refractivity contribution < 1.29 is 19.1 Å². The molecule has 0 bridgehead atoms. The number of amides is 3. The number of urea groups is 1. The van der Waals surface area contributed by atoms with Gasteiger partial charge in [-0.3, -0.25) is 9.59 Å². The van der Waals surface area contributed by atoms with Crippen LogP contribution in [0.3, 0.4) is 0 Å². The fourth-order valence-corrected chi connectivity index (χ4v) is 1.37. The average molecular weight is 279 g/mol. The van der Waals surface area contributed by atoms with Crippen molar-refractivity contribution in [3.05, 3.63) is 29.8 Å². The summed E-state index contributed by atoms with van der Waals surface area (Å²) in [6.45, 7) is 1.75. The van der Waals surface area contributed by atoms with Crippen LogP contribution in [0.25, 0.3) is 0 Å². The monoisotopic (exact) mass is 279 g/mol. The largest absolute Gasteiger partial charge is 0.370 e. The summed E-state index contributed by atoms with van der Waals surface area (Å²) >= 11 is 0. The van der Waals surface area contributed by atoms with E-state index in [1.807, 2.05) is 0 Å². The summed E-state index contributed by atoms with van der Waals surface area (Å²) in [5, 5.41) is 5.15. The molecule has 3 amide bonds. The lowest BCUT2D eigenvalue weighted by Crippen LogP contribution is -2.32. The molecule has 1 aromatic rings. The highest BCUT2D eigenvalue weighted by Crippen LogP contribution is 2.09. The van der Waals surface area contributed by atoms with Gasteiger partial charge in [-0.25, -0.2) is 4.79 Å². The molecule has 0 unspecified atom stereocenters. The zero-order chi connectivity index (χ0) is 15.0. The highest BCUT2D eigenvalue weighted by molar-refractivity contribution is 5.95. The fraction of sp³-hybridized carbons (Fsp3) is 0.308. The van der Waals surface area contributed by atoms with Crippen molar-refractivity contribution in [2.24, 2.45) is 5.73 Å². The number of hydrogen-bond acceptors (Lipinski definition) is 4. The molecular formula is C13H17N3O4. The number of primary amides is 1. The molecule has 20 heavy (non-hydrogen) atoms. The van der Waals surface area contributed by atoms with Crippen LogP contribution < -0.4 is 16.4 Å². The second-order valence-corrected chi connectivity index (χ2v) is 4.03. The van der Waals surface area contributed by atoms with E-state index >= 15 is 0 Å². The highest BCUT2D eigenvalue weighted by Gasteiger charge is 2.03. The molecule has 0 saturated heterocycles. The number of rotatable bonds is 7. The first-order valence-corrected chi connectivity index (χ1v) is 6.01. The smallest absolute Gasteiger partial charge is 0.319 e. The van der Waals surface area contributed by atoms with E-state index in [0.717, 1.165) is 0 Å². The van der Waals surface area contributed by atoms with Gasteiger partial charge in [0.1, 0.15) is 6.61 Å². The predicted molar refractivity (Wildman–Crippen MR) is 73.5 cm³/mol. The molecule has 0 aliphatic carbocycles. The number of anilines is 1. The first kappa shape index (κ1) is 15.6. The lowest BCUT2D eigenvalue weighted by molar-refractivity contribution is -0.122. The van der Waals surface area contributed by atoms with Crippen LogP contribution in [0.1, 0.15) is 17.3 Å². The Labute approximate surface area is 116 Å². The van der Waals surface area contributed by atoms with Crippen LogP contribution in [-0.4, -0.2) is 37.5 Å². The number of carbonyl (C=O) groups excluding carboxylic acids is 3. The average Bonchev–Trinajstić information content (AvgIpc) is 2.38. The zero-order valence-electron chi connectivity index (χ0n) is 11.1. The summed E-state index contributed by atoms with van der Waals surface area (Å²) in [4.78, 5) is 33.0. The van der Waals surface area contributed by atoms with Gasteiger partial charge in [-0.2, -0.15) is 0 Å². The molecule has 4 N–H and O–H groups in total. The standard InChI is InChI=1S/C13H17N3O4/c1-9(17)10-2-4-11(5-3-10)16-13(19)15-6-7-20-8-12(14)18/h2-5H,6-8H2,1H3,(H2,14,18)(H2,15,16,19). The Balaban J connectivity index is 2.28. The van der Waals surface area contributed by atoms with E-state index in [9.17, 15) is 14.4 Å². The van der Waals surface area contributed by atoms with Gasteiger partial charge in [-0.1, -0.05) is 0 Å². The molecule has 108 valence electrons. The summed E-state index contributed by atoms with van der Waals surface area (Å²) < 4.78 is 4.88. The second-order valence-electron chi connectivity index (χ2n) is 4.03. The summed E-state index contributed by atoms with van der Waals surface area (Å²) in [7, 11) is 0. The van der Waals surface area contributed by atoms with E-state index in [0.29, 0.717) is 11.3 Å². The number of ether oxygens (including phenoxy) is 1. The normalized spacial score (nSPS) is 9.85. The third-order valence-electron chi connectivity index (χ3n) is 2.33. The molecular weight excluding hydrogens is 262 g/mol. The van der Waals surface area contributed by atoms with E-state index < -0.39 is 11.9 Å². The van der Waals surface area contributed by atoms with Crippen molar-refractivity contribution in [3.63, 3.8) is 0 Å². The number of nitrogens with one attached hydrogen (secondary N) is 2. The minimum atomic E-state index is -0.556. The van der Waals surface area contributed by atoms with Gasteiger partial charge in [0, 0.05) is 17.8 Å². The lowest BCUT2D eigenvalue weighted by Gasteiger charge is -2.08. The first-order chi connectivity index (χ1) is 9.49. The molecule has 7 nitrogen and oxygen atoms in total. The van der Waals surface area contributed by atoms with Gasteiger partial charge in [0.15, 0.2) is 5.78 Å². The van der Waals surface area contributed by atoms with Gasteiger partial charge in [0.2, 0.25) is 5.91 Å². The Morgan fingerprint density at radius 2 is 1.85 bits per heavy atom. The van der Waals surface area contributed by atoms with E-state index in [1.54, 1.807) is 24.3 Å². The Morgan fingerprint density at radius 1 is 1.20 bits per heavy atom. The fourth-order valence-electron chi connectivity index (χ4n) is 1.37. The number of hydrogen-bond donors (Lipinski definition) is 3. The minimum absolute atomic E-state index is 0.0346. The van der Waals surface area contributed by atoms with Crippen LogP contribution in [0.4, 0.5) is 10.5 Å². The van der Waals surface area contributed by atoms with Crippen LogP contribution in [0.2, 0.25) is 0 Å². The molecule has 0 spiro atoms. The molecule has 0 aromatic heterocycles. The third kappa shape index (κ3) is 5.96. The van der Waals surface area contributed by atoms with Crippen LogP contribution in [0.5, 0.6) is 0 Å². The Kier molecular flexibility index (Phi) is 6.18. The third-order valence-corrected chi connectivity index (χ3v) is 2.33. The van der Waals surface area contributed by atoms with Crippen molar-refractivity contribution in [2.75, 3.05) is 25.1 Å². The van der Waals surface area contributed by atoms with E-state index in [4.69, 9.17) is 10.5 Å². The number of nitrogens with two attached hydrogens (primary N) is 1. The lowest BCUT2D eigenvalue weighted by atomic mass is 10.1. The molecule has 1 aromatic carbocycles. The topological polar surface area (TPSA) is 111 Å². The quantitative estimate of drug-likeness (QED) is 0.499. The Bertz CT molecular complexity index is 485. The van der Waals surface area contributed by atoms with Gasteiger partial charge >= 0.3 is 6.03 Å². The van der Waals surface area contributed by atoms with Crippen molar-refractivity contribution in [1.82, 2.24) is 5.32 Å². The Morgan fingerprint density at radius 3 is 2.40 bits per heavy atom. The predicted octanol–water partition coefficient (Wildman–Crippen LogP) is 0.513. The minimum Gasteiger partial charge on any atom is -0.370 e. The molecule has 1 rings (SSSR count). The van der Waals surface area contributed by atoms with E-state index in [-0.39, 0.29) is 25.5 Å². The molecule has 0 atom stereocenters. The zero-order valence-corrected chi connectivity index (χ0v) is 11.1. The number of benzene rings is 1. The maximum absolute atomic E-state index is 11.5. The highest BCUT2D eigenvalue weighted by atomic mass is 16.5. The van der Waals surface area contributed by atoms with E-state index in [2.05, 4.69) is 10.6 Å². The van der Waals surface area contributed by atoms with Gasteiger partial charge < -0.3 is 21.1 Å². The van der Waals surface area contributed by atoms with Crippen LogP contribution >= 0.6 is 0 Å². The van der Waals surface area contributed by atoms with E-state index in [1.165, 1.54) is 6.92 Å². The van der Waals surface area contributed by atoms with Gasteiger partial charge in [-0.15, -0.1) is 0 Å². The van der Waals surface area contributed by atoms with Crippen LogP contribution in [-0.2, 0) is 9.53 Å². The Hall–Kier alpha value is -2.41. The molecule has 0 aliphatic rings. The van der Waals surface area contributed by atoms with Crippen LogP contribution in [0, 0.1) is 0 Å². The van der Waals surface area contributed by atoms with Crippen molar-refractivity contribution in [2.45, 2.75) is 6.92 Å². The first-order valence-electron chi connectivity index (χ1n) is 6.01. The summed E-state index contributed by atoms with van der Waals surface area (Å²) in [5.74, 6) is -0.590.